The molecule has 0 spiro atoms. The topological polar surface area (TPSA) is 95.0 Å². The van der Waals surface area contributed by atoms with Crippen molar-refractivity contribution in [1.29, 1.82) is 0 Å². The summed E-state index contributed by atoms with van der Waals surface area (Å²) in [6.45, 7) is 10.5. The van der Waals surface area contributed by atoms with Gasteiger partial charge in [0.2, 0.25) is 0 Å². The Morgan fingerprint density at radius 1 is 1.03 bits per heavy atom. The van der Waals surface area contributed by atoms with Crippen molar-refractivity contribution in [3.05, 3.63) is 85.1 Å². The van der Waals surface area contributed by atoms with Crippen molar-refractivity contribution < 1.29 is 0 Å². The fraction of sp³-hybridized carbons (Fsp3) is 0.261. The number of fused-ring (bicyclic) bond motifs is 1. The van der Waals surface area contributed by atoms with Crippen LogP contribution in [-0.4, -0.2) is 19.4 Å². The normalized spacial score (nSPS) is 11.2. The number of aryl methyl sites for hydroxylation is 5. The van der Waals surface area contributed by atoms with Crippen LogP contribution in [0.5, 0.6) is 0 Å². The molecule has 0 aliphatic rings. The van der Waals surface area contributed by atoms with E-state index in [4.69, 9.17) is 4.98 Å². The maximum atomic E-state index is 12.5. The molecule has 154 valence electrons. The number of nitrogens with one attached hydrogen (secondary N) is 3. The van der Waals surface area contributed by atoms with Crippen LogP contribution in [0.4, 0.5) is 5.69 Å². The van der Waals surface area contributed by atoms with Crippen LogP contribution >= 0.6 is 0 Å². The standard InChI is InChI=1S/C23H25N5O2/c1-12-7-6-8-13(2)18(12)10-24-19-9-17(11-28-16(5)14(3)25-21(19)28)20-15(4)26-23(30)27-22(20)29/h6-9,11,24H,10H2,1-5H3,(H2,26,27,29,30). The number of benzene rings is 1. The summed E-state index contributed by atoms with van der Waals surface area (Å²) in [6.07, 6.45) is 1.89. The van der Waals surface area contributed by atoms with Crippen molar-refractivity contribution in [2.24, 2.45) is 0 Å². The molecule has 4 aromatic rings. The first kappa shape index (κ1) is 19.7. The van der Waals surface area contributed by atoms with E-state index in [1.807, 2.05) is 30.5 Å². The van der Waals surface area contributed by atoms with Crippen molar-refractivity contribution in [2.75, 3.05) is 5.32 Å². The third-order valence-electron chi connectivity index (χ3n) is 5.71. The van der Waals surface area contributed by atoms with Crippen LogP contribution in [-0.2, 0) is 6.54 Å². The number of H-pyrrole nitrogens is 2. The molecule has 0 aliphatic carbocycles. The summed E-state index contributed by atoms with van der Waals surface area (Å²) in [4.78, 5) is 33.9. The number of aromatic nitrogens is 4. The smallest absolute Gasteiger partial charge is 0.325 e. The van der Waals surface area contributed by atoms with Crippen molar-refractivity contribution in [3.63, 3.8) is 0 Å². The highest BCUT2D eigenvalue weighted by Crippen LogP contribution is 2.28. The van der Waals surface area contributed by atoms with Gasteiger partial charge in [0.1, 0.15) is 0 Å². The molecule has 0 fully saturated rings. The second-order valence-corrected chi connectivity index (χ2v) is 7.75. The SMILES string of the molecule is Cc1cccc(C)c1CNc1cc(-c2c(C)[nH]c(=O)[nH]c2=O)cn2c(C)c(C)nc12. The molecule has 0 amide bonds. The van der Waals surface area contributed by atoms with Crippen LogP contribution < -0.4 is 16.6 Å². The minimum absolute atomic E-state index is 0.411. The van der Waals surface area contributed by atoms with E-state index in [-0.39, 0.29) is 0 Å². The molecular weight excluding hydrogens is 378 g/mol. The van der Waals surface area contributed by atoms with Gasteiger partial charge < -0.3 is 14.7 Å². The molecule has 1 aromatic carbocycles. The van der Waals surface area contributed by atoms with E-state index in [1.165, 1.54) is 16.7 Å². The molecule has 0 aliphatic heterocycles. The Labute approximate surface area is 173 Å². The fourth-order valence-electron chi connectivity index (χ4n) is 3.90. The minimum Gasteiger partial charge on any atom is -0.378 e. The predicted molar refractivity (Wildman–Crippen MR) is 119 cm³/mol. The average molecular weight is 403 g/mol. The molecule has 0 saturated heterocycles. The van der Waals surface area contributed by atoms with Gasteiger partial charge in [-0.15, -0.1) is 0 Å². The molecule has 0 radical (unpaired) electrons. The van der Waals surface area contributed by atoms with Gasteiger partial charge in [-0.25, -0.2) is 9.78 Å². The predicted octanol–water partition coefficient (Wildman–Crippen LogP) is 3.53. The highest BCUT2D eigenvalue weighted by molar-refractivity contribution is 5.77. The first-order chi connectivity index (χ1) is 14.3. The lowest BCUT2D eigenvalue weighted by Crippen LogP contribution is -2.25. The van der Waals surface area contributed by atoms with Crippen LogP contribution in [0.3, 0.4) is 0 Å². The second kappa shape index (κ2) is 7.33. The van der Waals surface area contributed by atoms with Gasteiger partial charge in [0, 0.05) is 29.7 Å². The van der Waals surface area contributed by atoms with Gasteiger partial charge in [0.25, 0.3) is 5.56 Å². The number of pyridine rings is 1. The lowest BCUT2D eigenvalue weighted by Gasteiger charge is -2.14. The van der Waals surface area contributed by atoms with Crippen molar-refractivity contribution in [2.45, 2.75) is 41.2 Å². The second-order valence-electron chi connectivity index (χ2n) is 7.75. The highest BCUT2D eigenvalue weighted by Gasteiger charge is 2.16. The molecule has 0 bridgehead atoms. The number of rotatable bonds is 4. The molecule has 7 heteroatoms. The fourth-order valence-corrected chi connectivity index (χ4v) is 3.90. The van der Waals surface area contributed by atoms with Crippen LogP contribution in [0.1, 0.15) is 33.8 Å². The molecule has 0 atom stereocenters. The molecule has 4 rings (SSSR count). The van der Waals surface area contributed by atoms with Gasteiger partial charge in [0.15, 0.2) is 5.65 Å². The third kappa shape index (κ3) is 3.32. The van der Waals surface area contributed by atoms with E-state index >= 15 is 0 Å². The quantitative estimate of drug-likeness (QED) is 0.486. The number of aromatic amines is 2. The Morgan fingerprint density at radius 3 is 2.40 bits per heavy atom. The Bertz CT molecular complexity index is 1370. The Balaban J connectivity index is 1.88. The lowest BCUT2D eigenvalue weighted by atomic mass is 10.0. The van der Waals surface area contributed by atoms with Gasteiger partial charge in [-0.1, -0.05) is 18.2 Å². The monoisotopic (exact) mass is 403 g/mol. The van der Waals surface area contributed by atoms with Gasteiger partial charge in [-0.05, 0) is 57.4 Å². The molecule has 7 nitrogen and oxygen atoms in total. The first-order valence-corrected chi connectivity index (χ1v) is 9.88. The van der Waals surface area contributed by atoms with Crippen LogP contribution in [0.25, 0.3) is 16.8 Å². The summed E-state index contributed by atoms with van der Waals surface area (Å²) in [5.74, 6) is 0. The molecule has 3 N–H and O–H groups in total. The summed E-state index contributed by atoms with van der Waals surface area (Å²) >= 11 is 0. The van der Waals surface area contributed by atoms with Gasteiger partial charge in [-0.3, -0.25) is 9.78 Å². The summed E-state index contributed by atoms with van der Waals surface area (Å²) in [5, 5.41) is 3.52. The Morgan fingerprint density at radius 2 is 1.73 bits per heavy atom. The van der Waals surface area contributed by atoms with Crippen LogP contribution in [0.15, 0.2) is 40.1 Å². The zero-order valence-electron chi connectivity index (χ0n) is 17.8. The highest BCUT2D eigenvalue weighted by atomic mass is 16.2. The van der Waals surface area contributed by atoms with Crippen molar-refractivity contribution in [1.82, 2.24) is 19.4 Å². The zero-order valence-corrected chi connectivity index (χ0v) is 17.8. The lowest BCUT2D eigenvalue weighted by molar-refractivity contribution is 0.995. The zero-order chi connectivity index (χ0) is 21.6. The maximum absolute atomic E-state index is 12.5. The van der Waals surface area contributed by atoms with Crippen LogP contribution in [0, 0.1) is 34.6 Å². The van der Waals surface area contributed by atoms with Crippen molar-refractivity contribution >= 4 is 11.3 Å². The largest absolute Gasteiger partial charge is 0.378 e. The summed E-state index contributed by atoms with van der Waals surface area (Å²) < 4.78 is 1.99. The Kier molecular flexibility index (Phi) is 4.81. The Hall–Kier alpha value is -3.61. The summed E-state index contributed by atoms with van der Waals surface area (Å²) in [7, 11) is 0. The number of hydrogen-bond donors (Lipinski definition) is 3. The molecule has 0 saturated carbocycles. The van der Waals surface area contributed by atoms with E-state index in [0.29, 0.717) is 23.4 Å². The molecule has 3 heterocycles. The number of nitrogens with zero attached hydrogens (tertiary/aromatic N) is 2. The van der Waals surface area contributed by atoms with E-state index in [0.717, 1.165) is 22.7 Å². The van der Waals surface area contributed by atoms with Gasteiger partial charge >= 0.3 is 5.69 Å². The molecule has 0 unspecified atom stereocenters. The van der Waals surface area contributed by atoms with Gasteiger partial charge in [-0.2, -0.15) is 0 Å². The maximum Gasteiger partial charge on any atom is 0.325 e. The van der Waals surface area contributed by atoms with E-state index in [1.54, 1.807) is 6.92 Å². The summed E-state index contributed by atoms with van der Waals surface area (Å²) in [6, 6.07) is 8.18. The summed E-state index contributed by atoms with van der Waals surface area (Å²) in [5.41, 5.74) is 7.99. The van der Waals surface area contributed by atoms with Crippen LogP contribution in [0.2, 0.25) is 0 Å². The van der Waals surface area contributed by atoms with E-state index in [9.17, 15) is 9.59 Å². The minimum atomic E-state index is -0.509. The van der Waals surface area contributed by atoms with Crippen molar-refractivity contribution in [3.8, 4) is 11.1 Å². The van der Waals surface area contributed by atoms with E-state index in [2.05, 4.69) is 47.3 Å². The molecule has 30 heavy (non-hydrogen) atoms. The molecule has 3 aromatic heterocycles. The average Bonchev–Trinajstić information content (AvgIpc) is 2.95. The van der Waals surface area contributed by atoms with E-state index < -0.39 is 11.2 Å². The third-order valence-corrected chi connectivity index (χ3v) is 5.71. The first-order valence-electron chi connectivity index (χ1n) is 9.88. The van der Waals surface area contributed by atoms with Gasteiger partial charge in [0.05, 0.1) is 16.9 Å². The number of imidazole rings is 1. The number of hydrogen-bond acceptors (Lipinski definition) is 4. The molecular formula is C23H25N5O2. The number of anilines is 1.